The number of ether oxygens (including phenoxy) is 1. The Labute approximate surface area is 108 Å². The Morgan fingerprint density at radius 1 is 1.67 bits per heavy atom. The Hall–Kier alpha value is -0.910. The molecule has 1 aromatic rings. The highest BCUT2D eigenvalue weighted by Crippen LogP contribution is 2.20. The Bertz CT molecular complexity index is 370. The fraction of sp³-hybridized carbons (Fsp3) is 0.769. The molecule has 18 heavy (non-hydrogen) atoms. The van der Waals surface area contributed by atoms with Crippen molar-refractivity contribution in [2.24, 2.45) is 7.05 Å². The molecule has 0 radical (unpaired) electrons. The van der Waals surface area contributed by atoms with Gasteiger partial charge in [-0.3, -0.25) is 4.68 Å². The fourth-order valence-electron chi connectivity index (χ4n) is 2.43. The van der Waals surface area contributed by atoms with Gasteiger partial charge in [-0.05, 0) is 32.3 Å². The van der Waals surface area contributed by atoms with Gasteiger partial charge in [0, 0.05) is 31.5 Å². The zero-order valence-electron chi connectivity index (χ0n) is 11.2. The largest absolute Gasteiger partial charge is 0.390 e. The highest BCUT2D eigenvalue weighted by molar-refractivity contribution is 5.01. The van der Waals surface area contributed by atoms with E-state index in [1.807, 2.05) is 24.7 Å². The molecule has 5 nitrogen and oxygen atoms in total. The number of aromatic nitrogens is 2. The maximum atomic E-state index is 10.4. The van der Waals surface area contributed by atoms with Gasteiger partial charge in [0.25, 0.3) is 0 Å². The van der Waals surface area contributed by atoms with Gasteiger partial charge in [0.05, 0.1) is 18.8 Å². The van der Waals surface area contributed by atoms with Gasteiger partial charge in [-0.1, -0.05) is 0 Å². The molecule has 5 heteroatoms. The minimum Gasteiger partial charge on any atom is -0.390 e. The van der Waals surface area contributed by atoms with E-state index in [0.29, 0.717) is 6.61 Å². The molecule has 0 amide bonds. The first-order valence-electron chi connectivity index (χ1n) is 6.57. The van der Waals surface area contributed by atoms with Crippen LogP contribution in [0, 0.1) is 0 Å². The Morgan fingerprint density at radius 3 is 3.11 bits per heavy atom. The van der Waals surface area contributed by atoms with Crippen LogP contribution in [0.1, 0.15) is 25.5 Å². The van der Waals surface area contributed by atoms with Crippen LogP contribution in [-0.4, -0.2) is 46.3 Å². The molecule has 0 saturated carbocycles. The molecule has 0 aromatic carbocycles. The van der Waals surface area contributed by atoms with Crippen molar-refractivity contribution >= 4 is 0 Å². The van der Waals surface area contributed by atoms with Crippen LogP contribution in [0.2, 0.25) is 0 Å². The van der Waals surface area contributed by atoms with Crippen LogP contribution >= 0.6 is 0 Å². The van der Waals surface area contributed by atoms with Crippen LogP contribution in [0.5, 0.6) is 0 Å². The number of nitrogens with one attached hydrogen (secondary N) is 1. The zero-order chi connectivity index (χ0) is 13.0. The van der Waals surface area contributed by atoms with Crippen LogP contribution in [0.25, 0.3) is 0 Å². The molecule has 1 saturated heterocycles. The van der Waals surface area contributed by atoms with Crippen LogP contribution < -0.4 is 5.32 Å². The first kappa shape index (κ1) is 13.5. The summed E-state index contributed by atoms with van der Waals surface area (Å²) in [5.74, 6) is 0. The standard InChI is InChI=1S/C13H23N3O2/c1-13(17,9-11-10-18-8-7-14-11)5-3-12-4-6-15-16(12)2/h4,6,11,14,17H,3,5,7-10H2,1-2H3. The molecule has 0 aliphatic carbocycles. The van der Waals surface area contributed by atoms with Crippen molar-refractivity contribution < 1.29 is 9.84 Å². The lowest BCUT2D eigenvalue weighted by Crippen LogP contribution is -2.46. The van der Waals surface area contributed by atoms with Crippen molar-refractivity contribution in [2.45, 2.75) is 37.8 Å². The van der Waals surface area contributed by atoms with Crippen molar-refractivity contribution in [2.75, 3.05) is 19.8 Å². The van der Waals surface area contributed by atoms with Gasteiger partial charge in [-0.25, -0.2) is 0 Å². The number of hydrogen-bond acceptors (Lipinski definition) is 4. The highest BCUT2D eigenvalue weighted by atomic mass is 16.5. The summed E-state index contributed by atoms with van der Waals surface area (Å²) in [6.07, 6.45) is 4.10. The van der Waals surface area contributed by atoms with Gasteiger partial charge < -0.3 is 15.2 Å². The number of nitrogens with zero attached hydrogens (tertiary/aromatic N) is 2. The quantitative estimate of drug-likeness (QED) is 0.801. The van der Waals surface area contributed by atoms with Gasteiger partial charge in [0.2, 0.25) is 0 Å². The van der Waals surface area contributed by atoms with E-state index in [-0.39, 0.29) is 6.04 Å². The van der Waals surface area contributed by atoms with Gasteiger partial charge in [0.15, 0.2) is 0 Å². The second kappa shape index (κ2) is 5.82. The Kier molecular flexibility index (Phi) is 4.37. The normalized spacial score (nSPS) is 23.8. The summed E-state index contributed by atoms with van der Waals surface area (Å²) in [5.41, 5.74) is 0.492. The molecule has 2 unspecified atom stereocenters. The fourth-order valence-corrected chi connectivity index (χ4v) is 2.43. The van der Waals surface area contributed by atoms with Crippen molar-refractivity contribution in [1.82, 2.24) is 15.1 Å². The summed E-state index contributed by atoms with van der Waals surface area (Å²) in [4.78, 5) is 0. The smallest absolute Gasteiger partial charge is 0.0639 e. The molecular weight excluding hydrogens is 230 g/mol. The van der Waals surface area contributed by atoms with E-state index in [0.717, 1.165) is 38.1 Å². The SMILES string of the molecule is Cn1nccc1CCC(C)(O)CC1COCCN1. The van der Waals surface area contributed by atoms with Crippen molar-refractivity contribution in [3.05, 3.63) is 18.0 Å². The van der Waals surface area contributed by atoms with Crippen LogP contribution in [0.3, 0.4) is 0 Å². The van der Waals surface area contributed by atoms with E-state index < -0.39 is 5.60 Å². The second-order valence-corrected chi connectivity index (χ2v) is 5.37. The lowest BCUT2D eigenvalue weighted by atomic mass is 9.91. The average Bonchev–Trinajstić information content (AvgIpc) is 2.73. The topological polar surface area (TPSA) is 59.3 Å². The number of aliphatic hydroxyl groups is 1. The summed E-state index contributed by atoms with van der Waals surface area (Å²) in [5, 5.41) is 17.9. The molecule has 102 valence electrons. The third-order valence-electron chi connectivity index (χ3n) is 3.53. The maximum absolute atomic E-state index is 10.4. The molecule has 2 heterocycles. The van der Waals surface area contributed by atoms with E-state index >= 15 is 0 Å². The molecule has 0 spiro atoms. The third-order valence-corrected chi connectivity index (χ3v) is 3.53. The number of hydrogen-bond donors (Lipinski definition) is 2. The molecule has 0 bridgehead atoms. The van der Waals surface area contributed by atoms with Gasteiger partial charge in [-0.15, -0.1) is 0 Å². The summed E-state index contributed by atoms with van der Waals surface area (Å²) >= 11 is 0. The summed E-state index contributed by atoms with van der Waals surface area (Å²) in [7, 11) is 1.93. The highest BCUT2D eigenvalue weighted by Gasteiger charge is 2.26. The van der Waals surface area contributed by atoms with Gasteiger partial charge >= 0.3 is 0 Å². The predicted molar refractivity (Wildman–Crippen MR) is 69.4 cm³/mol. The molecule has 2 atom stereocenters. The first-order valence-corrected chi connectivity index (χ1v) is 6.57. The van der Waals surface area contributed by atoms with Crippen molar-refractivity contribution in [1.29, 1.82) is 0 Å². The number of morpholine rings is 1. The van der Waals surface area contributed by atoms with E-state index in [1.54, 1.807) is 6.20 Å². The van der Waals surface area contributed by atoms with E-state index in [4.69, 9.17) is 4.74 Å². The average molecular weight is 253 g/mol. The lowest BCUT2D eigenvalue weighted by molar-refractivity contribution is 0.000946. The van der Waals surface area contributed by atoms with Gasteiger partial charge in [-0.2, -0.15) is 5.10 Å². The van der Waals surface area contributed by atoms with Crippen LogP contribution in [0.4, 0.5) is 0 Å². The minimum atomic E-state index is -0.664. The van der Waals surface area contributed by atoms with Crippen LogP contribution in [0.15, 0.2) is 12.3 Å². The monoisotopic (exact) mass is 253 g/mol. The van der Waals surface area contributed by atoms with Gasteiger partial charge in [0.1, 0.15) is 0 Å². The number of rotatable bonds is 5. The molecule has 1 aliphatic heterocycles. The van der Waals surface area contributed by atoms with E-state index in [1.165, 1.54) is 0 Å². The lowest BCUT2D eigenvalue weighted by Gasteiger charge is -2.31. The number of aryl methyl sites for hydroxylation is 2. The maximum Gasteiger partial charge on any atom is 0.0639 e. The Morgan fingerprint density at radius 2 is 2.50 bits per heavy atom. The predicted octanol–water partition coefficient (Wildman–Crippen LogP) is 0.482. The molecule has 1 aliphatic rings. The summed E-state index contributed by atoms with van der Waals surface area (Å²) < 4.78 is 7.27. The second-order valence-electron chi connectivity index (χ2n) is 5.37. The summed E-state index contributed by atoms with van der Waals surface area (Å²) in [6.45, 7) is 4.25. The van der Waals surface area contributed by atoms with E-state index in [9.17, 15) is 5.11 Å². The first-order chi connectivity index (χ1) is 8.57. The molecule has 2 rings (SSSR count). The molecule has 2 N–H and O–H groups in total. The Balaban J connectivity index is 1.81. The van der Waals surface area contributed by atoms with Crippen molar-refractivity contribution in [3.8, 4) is 0 Å². The molecule has 1 aromatic heterocycles. The molecule has 1 fully saturated rings. The third kappa shape index (κ3) is 3.80. The molecular formula is C13H23N3O2. The zero-order valence-corrected chi connectivity index (χ0v) is 11.2. The van der Waals surface area contributed by atoms with Crippen molar-refractivity contribution in [3.63, 3.8) is 0 Å². The summed E-state index contributed by atoms with van der Waals surface area (Å²) in [6, 6.07) is 2.26. The van der Waals surface area contributed by atoms with Crippen LogP contribution in [-0.2, 0) is 18.2 Å². The van der Waals surface area contributed by atoms with E-state index in [2.05, 4.69) is 10.4 Å². The minimum absolute atomic E-state index is 0.264.